The predicted molar refractivity (Wildman–Crippen MR) is 166 cm³/mol. The number of rotatable bonds is 31. The van der Waals surface area contributed by atoms with Crippen molar-refractivity contribution in [1.82, 2.24) is 5.32 Å². The van der Waals surface area contributed by atoms with Crippen LogP contribution in [-0.4, -0.2) is 34.9 Å². The van der Waals surface area contributed by atoms with Gasteiger partial charge in [0.25, 0.3) is 0 Å². The zero-order valence-corrected chi connectivity index (χ0v) is 26.0. The normalized spacial score (nSPS) is 13.1. The molecule has 38 heavy (non-hydrogen) atoms. The van der Waals surface area contributed by atoms with E-state index in [4.69, 9.17) is 0 Å². The molecule has 0 saturated heterocycles. The van der Waals surface area contributed by atoms with Crippen LogP contribution in [0.1, 0.15) is 194 Å². The summed E-state index contributed by atoms with van der Waals surface area (Å²) >= 11 is 0. The third-order valence-electron chi connectivity index (χ3n) is 8.12. The molecule has 0 aromatic heterocycles. The van der Waals surface area contributed by atoms with Crippen molar-refractivity contribution in [3.05, 3.63) is 0 Å². The molecule has 0 unspecified atom stereocenters. The van der Waals surface area contributed by atoms with Gasteiger partial charge in [-0.05, 0) is 12.8 Å². The fourth-order valence-electron chi connectivity index (χ4n) is 5.42. The molecular weight excluding hydrogens is 470 g/mol. The fourth-order valence-corrected chi connectivity index (χ4v) is 5.42. The second-order valence-corrected chi connectivity index (χ2v) is 11.9. The number of nitrogens with one attached hydrogen (secondary N) is 1. The second-order valence-electron chi connectivity index (χ2n) is 11.9. The highest BCUT2D eigenvalue weighted by Gasteiger charge is 2.19. The highest BCUT2D eigenvalue weighted by atomic mass is 16.3. The Morgan fingerprint density at radius 1 is 0.526 bits per heavy atom. The molecule has 0 aromatic carbocycles. The van der Waals surface area contributed by atoms with Crippen LogP contribution in [0.4, 0.5) is 0 Å². The van der Waals surface area contributed by atoms with Crippen molar-refractivity contribution in [2.45, 2.75) is 206 Å². The van der Waals surface area contributed by atoms with Crippen LogP contribution in [0.15, 0.2) is 0 Å². The van der Waals surface area contributed by atoms with Gasteiger partial charge in [0.15, 0.2) is 0 Å². The Morgan fingerprint density at radius 3 is 1.18 bits per heavy atom. The summed E-state index contributed by atoms with van der Waals surface area (Å²) in [5.41, 5.74) is 0. The number of carbonyl (C=O) groups excluding carboxylic acids is 1. The van der Waals surface area contributed by atoms with Crippen molar-refractivity contribution < 1.29 is 15.0 Å². The largest absolute Gasteiger partial charge is 0.394 e. The first-order chi connectivity index (χ1) is 18.7. The first-order valence-electron chi connectivity index (χ1n) is 17.2. The van der Waals surface area contributed by atoms with Gasteiger partial charge in [-0.15, -0.1) is 0 Å². The molecule has 3 N–H and O–H groups in total. The quantitative estimate of drug-likeness (QED) is 0.0768. The van der Waals surface area contributed by atoms with Gasteiger partial charge >= 0.3 is 0 Å². The molecule has 0 bridgehead atoms. The number of carbonyl (C=O) groups is 1. The third-order valence-corrected chi connectivity index (χ3v) is 8.12. The maximum absolute atomic E-state index is 12.3. The molecule has 4 heteroatoms. The van der Waals surface area contributed by atoms with Gasteiger partial charge in [-0.25, -0.2) is 0 Å². The Hall–Kier alpha value is -0.610. The number of aliphatic hydroxyl groups excluding tert-OH is 2. The Bertz CT molecular complexity index is 471. The van der Waals surface area contributed by atoms with Gasteiger partial charge in [0.2, 0.25) is 5.91 Å². The van der Waals surface area contributed by atoms with Crippen molar-refractivity contribution >= 4 is 5.91 Å². The number of unbranched alkanes of at least 4 members (excludes halogenated alkanes) is 24. The van der Waals surface area contributed by atoms with Crippen LogP contribution in [0.5, 0.6) is 0 Å². The minimum Gasteiger partial charge on any atom is -0.394 e. The third kappa shape index (κ3) is 27.0. The lowest BCUT2D eigenvalue weighted by Gasteiger charge is -2.22. The average Bonchev–Trinajstić information content (AvgIpc) is 2.92. The molecule has 0 radical (unpaired) electrons. The highest BCUT2D eigenvalue weighted by Crippen LogP contribution is 2.15. The van der Waals surface area contributed by atoms with Crippen LogP contribution in [-0.2, 0) is 4.79 Å². The van der Waals surface area contributed by atoms with Crippen molar-refractivity contribution in [3.63, 3.8) is 0 Å². The van der Waals surface area contributed by atoms with Crippen LogP contribution < -0.4 is 5.32 Å². The molecular formula is C34H69NO3. The zero-order valence-electron chi connectivity index (χ0n) is 26.0. The lowest BCUT2D eigenvalue weighted by Crippen LogP contribution is -2.45. The molecule has 0 aromatic rings. The number of aliphatic hydroxyl groups is 2. The van der Waals surface area contributed by atoms with E-state index in [2.05, 4.69) is 19.2 Å². The molecule has 0 aliphatic heterocycles. The monoisotopic (exact) mass is 540 g/mol. The molecule has 0 rings (SSSR count). The van der Waals surface area contributed by atoms with Gasteiger partial charge in [-0.2, -0.15) is 0 Å². The first kappa shape index (κ1) is 37.4. The SMILES string of the molecule is CCCCCCCCCCCCCCCC(=O)N[C@H](CO)[C@H](O)CCCCCCCCCCCCCCC. The molecule has 4 nitrogen and oxygen atoms in total. The van der Waals surface area contributed by atoms with Gasteiger partial charge in [-0.3, -0.25) is 4.79 Å². The van der Waals surface area contributed by atoms with E-state index in [0.717, 1.165) is 25.7 Å². The maximum atomic E-state index is 12.3. The summed E-state index contributed by atoms with van der Waals surface area (Å²) in [7, 11) is 0. The molecule has 228 valence electrons. The Kier molecular flexibility index (Phi) is 30.4. The summed E-state index contributed by atoms with van der Waals surface area (Å²) in [4.78, 5) is 12.3. The minimum absolute atomic E-state index is 0.0310. The maximum Gasteiger partial charge on any atom is 0.220 e. The van der Waals surface area contributed by atoms with Crippen LogP contribution in [0.3, 0.4) is 0 Å². The van der Waals surface area contributed by atoms with Crippen LogP contribution in [0.25, 0.3) is 0 Å². The summed E-state index contributed by atoms with van der Waals surface area (Å²) in [5, 5.41) is 23.0. The Labute approximate surface area is 238 Å². The van der Waals surface area contributed by atoms with Gasteiger partial charge < -0.3 is 15.5 Å². The highest BCUT2D eigenvalue weighted by molar-refractivity contribution is 5.76. The van der Waals surface area contributed by atoms with Gasteiger partial charge in [-0.1, -0.05) is 174 Å². The molecule has 0 spiro atoms. The van der Waals surface area contributed by atoms with E-state index in [1.807, 2.05) is 0 Å². The Morgan fingerprint density at radius 2 is 0.842 bits per heavy atom. The molecule has 0 saturated carbocycles. The topological polar surface area (TPSA) is 69.6 Å². The summed E-state index contributed by atoms with van der Waals surface area (Å²) in [6, 6.07) is -0.526. The predicted octanol–water partition coefficient (Wildman–Crippen LogP) is 9.79. The summed E-state index contributed by atoms with van der Waals surface area (Å²) in [6.07, 6.45) is 34.3. The van der Waals surface area contributed by atoms with Crippen LogP contribution >= 0.6 is 0 Å². The second kappa shape index (κ2) is 30.9. The smallest absolute Gasteiger partial charge is 0.220 e. The number of hydrogen-bond acceptors (Lipinski definition) is 3. The molecule has 2 atom stereocenters. The van der Waals surface area contributed by atoms with Crippen molar-refractivity contribution in [2.24, 2.45) is 0 Å². The van der Waals surface area contributed by atoms with Gasteiger partial charge in [0.1, 0.15) is 0 Å². The van der Waals surface area contributed by atoms with Crippen molar-refractivity contribution in [1.29, 1.82) is 0 Å². The number of amides is 1. The Balaban J connectivity index is 3.55. The summed E-state index contributed by atoms with van der Waals surface area (Å²) in [5.74, 6) is -0.0310. The molecule has 0 aliphatic carbocycles. The summed E-state index contributed by atoms with van der Waals surface area (Å²) < 4.78 is 0. The fraction of sp³-hybridized carbons (Fsp3) is 0.971. The summed E-state index contributed by atoms with van der Waals surface area (Å²) in [6.45, 7) is 4.35. The first-order valence-corrected chi connectivity index (χ1v) is 17.2. The van der Waals surface area contributed by atoms with E-state index < -0.39 is 12.1 Å². The molecule has 0 heterocycles. The standard InChI is InChI=1S/C34H69NO3/c1-3-5-7-9-11-13-15-17-19-21-23-25-27-29-33(37)32(31-36)35-34(38)30-28-26-24-22-20-18-16-14-12-10-8-6-4-2/h32-33,36-37H,3-31H2,1-2H3,(H,35,38)/t32-,33-/m1/s1. The molecule has 0 fully saturated rings. The van der Waals surface area contributed by atoms with Gasteiger partial charge in [0, 0.05) is 6.42 Å². The van der Waals surface area contributed by atoms with Crippen molar-refractivity contribution in [3.8, 4) is 0 Å². The van der Waals surface area contributed by atoms with E-state index in [-0.39, 0.29) is 12.5 Å². The average molecular weight is 540 g/mol. The van der Waals surface area contributed by atoms with E-state index in [1.54, 1.807) is 0 Å². The lowest BCUT2D eigenvalue weighted by molar-refractivity contribution is -0.123. The van der Waals surface area contributed by atoms with Crippen LogP contribution in [0.2, 0.25) is 0 Å². The van der Waals surface area contributed by atoms with E-state index in [0.29, 0.717) is 12.8 Å². The molecule has 0 aliphatic rings. The lowest BCUT2D eigenvalue weighted by atomic mass is 10.0. The van der Waals surface area contributed by atoms with Crippen LogP contribution in [0, 0.1) is 0 Å². The van der Waals surface area contributed by atoms with E-state index >= 15 is 0 Å². The van der Waals surface area contributed by atoms with E-state index in [1.165, 1.54) is 141 Å². The number of hydrogen-bond donors (Lipinski definition) is 3. The minimum atomic E-state index is -0.650. The van der Waals surface area contributed by atoms with Crippen molar-refractivity contribution in [2.75, 3.05) is 6.61 Å². The zero-order chi connectivity index (χ0) is 27.9. The van der Waals surface area contributed by atoms with E-state index in [9.17, 15) is 15.0 Å². The van der Waals surface area contributed by atoms with Gasteiger partial charge in [0.05, 0.1) is 18.8 Å². The molecule has 1 amide bonds.